The molecule has 0 bridgehead atoms. The smallest absolute Gasteiger partial charge is 0.401 e. The number of nitrogens with one attached hydrogen (secondary N) is 1. The second kappa shape index (κ2) is 4.36. The first kappa shape index (κ1) is 12.3. The van der Waals surface area contributed by atoms with Gasteiger partial charge in [0, 0.05) is 13.0 Å². The molecule has 0 radical (unpaired) electrons. The fraction of sp³-hybridized carbons (Fsp3) is 0.875. The molecule has 1 N–H and O–H groups in total. The van der Waals surface area contributed by atoms with Crippen LogP contribution in [0.5, 0.6) is 0 Å². The molecule has 88 valence electrons. The zero-order valence-electron chi connectivity index (χ0n) is 8.19. The van der Waals surface area contributed by atoms with E-state index in [2.05, 4.69) is 10.1 Å². The molecule has 7 heteroatoms. The summed E-state index contributed by atoms with van der Waals surface area (Å²) in [4.78, 5) is 11.3. The van der Waals surface area contributed by atoms with Gasteiger partial charge in [0.15, 0.2) is 0 Å². The molecule has 0 amide bonds. The van der Waals surface area contributed by atoms with Gasteiger partial charge in [-0.25, -0.2) is 4.79 Å². The van der Waals surface area contributed by atoms with Gasteiger partial charge in [0.2, 0.25) is 0 Å². The highest BCUT2D eigenvalue weighted by Gasteiger charge is 2.45. The minimum Gasteiger partial charge on any atom is -0.468 e. The Kier molecular flexibility index (Phi) is 3.56. The number of ether oxygens (including phenoxy) is 2. The quantitative estimate of drug-likeness (QED) is 0.712. The van der Waals surface area contributed by atoms with Crippen molar-refractivity contribution in [3.8, 4) is 0 Å². The Morgan fingerprint density at radius 3 is 2.67 bits per heavy atom. The molecule has 1 rings (SSSR count). The van der Waals surface area contributed by atoms with Crippen LogP contribution in [0.1, 0.15) is 6.42 Å². The van der Waals surface area contributed by atoms with E-state index in [4.69, 9.17) is 4.74 Å². The van der Waals surface area contributed by atoms with Gasteiger partial charge in [-0.05, 0) is 0 Å². The van der Waals surface area contributed by atoms with Gasteiger partial charge in [0.1, 0.15) is 5.54 Å². The van der Waals surface area contributed by atoms with Crippen LogP contribution in [0.25, 0.3) is 0 Å². The molecule has 15 heavy (non-hydrogen) atoms. The topological polar surface area (TPSA) is 47.6 Å². The van der Waals surface area contributed by atoms with Crippen molar-refractivity contribution in [2.45, 2.75) is 18.1 Å². The summed E-state index contributed by atoms with van der Waals surface area (Å²) in [6.45, 7) is -1.07. The lowest BCUT2D eigenvalue weighted by Gasteiger charge is -2.26. The first-order valence-corrected chi connectivity index (χ1v) is 4.38. The summed E-state index contributed by atoms with van der Waals surface area (Å²) in [5.74, 6) is -0.718. The fourth-order valence-corrected chi connectivity index (χ4v) is 1.40. The molecule has 1 aliphatic heterocycles. The molecule has 0 aromatic heterocycles. The van der Waals surface area contributed by atoms with Crippen LogP contribution in [-0.4, -0.2) is 44.6 Å². The van der Waals surface area contributed by atoms with E-state index < -0.39 is 24.2 Å². The van der Waals surface area contributed by atoms with Gasteiger partial charge in [-0.2, -0.15) is 13.2 Å². The summed E-state index contributed by atoms with van der Waals surface area (Å²) in [5.41, 5.74) is -1.34. The molecule has 1 unspecified atom stereocenters. The summed E-state index contributed by atoms with van der Waals surface area (Å²) in [7, 11) is 1.14. The Morgan fingerprint density at radius 1 is 1.60 bits per heavy atom. The Hall–Kier alpha value is -0.820. The van der Waals surface area contributed by atoms with Crippen molar-refractivity contribution in [2.24, 2.45) is 0 Å². The monoisotopic (exact) mass is 227 g/mol. The van der Waals surface area contributed by atoms with E-state index in [1.54, 1.807) is 0 Å². The first-order valence-electron chi connectivity index (χ1n) is 4.38. The van der Waals surface area contributed by atoms with E-state index in [0.29, 0.717) is 0 Å². The first-order chi connectivity index (χ1) is 6.90. The van der Waals surface area contributed by atoms with Gasteiger partial charge in [-0.3, -0.25) is 5.32 Å². The molecular weight excluding hydrogens is 215 g/mol. The van der Waals surface area contributed by atoms with Crippen LogP contribution in [0.3, 0.4) is 0 Å². The molecule has 1 heterocycles. The van der Waals surface area contributed by atoms with E-state index in [1.807, 2.05) is 0 Å². The average Bonchev–Trinajstić information content (AvgIpc) is 2.62. The zero-order chi connectivity index (χ0) is 11.5. The predicted octanol–water partition coefficient (Wildman–Crippen LogP) is 0.470. The molecule has 1 atom stereocenters. The molecule has 0 aliphatic carbocycles. The highest BCUT2D eigenvalue weighted by atomic mass is 19.4. The third-order valence-corrected chi connectivity index (χ3v) is 2.22. The van der Waals surface area contributed by atoms with Crippen LogP contribution >= 0.6 is 0 Å². The summed E-state index contributed by atoms with van der Waals surface area (Å²) in [5, 5.41) is 2.16. The number of carbonyl (C=O) groups excluding carboxylic acids is 1. The highest BCUT2D eigenvalue weighted by molar-refractivity contribution is 5.81. The molecule has 0 spiro atoms. The second-order valence-electron chi connectivity index (χ2n) is 3.35. The van der Waals surface area contributed by atoms with Crippen LogP contribution in [0, 0.1) is 0 Å². The SMILES string of the molecule is COC(=O)C1(NCC(F)(F)F)CCOC1. The highest BCUT2D eigenvalue weighted by Crippen LogP contribution is 2.22. The van der Waals surface area contributed by atoms with Crippen molar-refractivity contribution < 1.29 is 27.4 Å². The normalized spacial score (nSPS) is 26.7. The van der Waals surface area contributed by atoms with Crippen LogP contribution in [0.2, 0.25) is 0 Å². The maximum atomic E-state index is 12.0. The lowest BCUT2D eigenvalue weighted by atomic mass is 9.99. The van der Waals surface area contributed by atoms with Gasteiger partial charge < -0.3 is 9.47 Å². The lowest BCUT2D eigenvalue weighted by Crippen LogP contribution is -2.55. The van der Waals surface area contributed by atoms with Crippen LogP contribution in [-0.2, 0) is 14.3 Å². The van der Waals surface area contributed by atoms with Gasteiger partial charge in [0.05, 0.1) is 20.3 Å². The van der Waals surface area contributed by atoms with Crippen molar-refractivity contribution in [2.75, 3.05) is 26.9 Å². The van der Waals surface area contributed by atoms with E-state index >= 15 is 0 Å². The summed E-state index contributed by atoms with van der Waals surface area (Å²) < 4.78 is 45.3. The Labute approximate surface area is 84.7 Å². The number of esters is 1. The van der Waals surface area contributed by atoms with Crippen LogP contribution < -0.4 is 5.32 Å². The number of rotatable bonds is 3. The number of alkyl halides is 3. The minimum atomic E-state index is -4.36. The predicted molar refractivity (Wildman–Crippen MR) is 44.2 cm³/mol. The van der Waals surface area contributed by atoms with Gasteiger partial charge in [-0.15, -0.1) is 0 Å². The van der Waals surface area contributed by atoms with Crippen molar-refractivity contribution in [3.05, 3.63) is 0 Å². The molecule has 4 nitrogen and oxygen atoms in total. The van der Waals surface area contributed by atoms with Crippen LogP contribution in [0.4, 0.5) is 13.2 Å². The number of carbonyl (C=O) groups is 1. The summed E-state index contributed by atoms with van der Waals surface area (Å²) >= 11 is 0. The summed E-state index contributed by atoms with van der Waals surface area (Å²) in [6, 6.07) is 0. The Balaban J connectivity index is 2.62. The lowest BCUT2D eigenvalue weighted by molar-refractivity contribution is -0.153. The number of methoxy groups -OCH3 is 1. The Morgan fingerprint density at radius 2 is 2.27 bits per heavy atom. The maximum Gasteiger partial charge on any atom is 0.401 e. The van der Waals surface area contributed by atoms with Crippen molar-refractivity contribution in [3.63, 3.8) is 0 Å². The average molecular weight is 227 g/mol. The third kappa shape index (κ3) is 3.07. The van der Waals surface area contributed by atoms with E-state index in [1.165, 1.54) is 0 Å². The maximum absolute atomic E-state index is 12.0. The molecule has 1 aliphatic rings. The molecular formula is C8H12F3NO3. The third-order valence-electron chi connectivity index (χ3n) is 2.22. The molecule has 1 saturated heterocycles. The second-order valence-corrected chi connectivity index (χ2v) is 3.35. The Bertz CT molecular complexity index is 236. The van der Waals surface area contributed by atoms with E-state index in [9.17, 15) is 18.0 Å². The van der Waals surface area contributed by atoms with Gasteiger partial charge in [-0.1, -0.05) is 0 Å². The summed E-state index contributed by atoms with van der Waals surface area (Å²) in [6.07, 6.45) is -4.17. The molecule has 0 aromatic carbocycles. The van der Waals surface area contributed by atoms with Crippen molar-refractivity contribution in [1.82, 2.24) is 5.32 Å². The molecule has 0 saturated carbocycles. The van der Waals surface area contributed by atoms with E-state index in [0.717, 1.165) is 7.11 Å². The van der Waals surface area contributed by atoms with Gasteiger partial charge in [0.25, 0.3) is 0 Å². The number of hydrogen-bond acceptors (Lipinski definition) is 4. The van der Waals surface area contributed by atoms with E-state index in [-0.39, 0.29) is 19.6 Å². The molecule has 0 aromatic rings. The minimum absolute atomic E-state index is 0.0875. The largest absolute Gasteiger partial charge is 0.468 e. The van der Waals surface area contributed by atoms with Crippen LogP contribution in [0.15, 0.2) is 0 Å². The zero-order valence-corrected chi connectivity index (χ0v) is 8.19. The standard InChI is InChI=1S/C8H12F3NO3/c1-14-6(13)7(2-3-15-5-7)12-4-8(9,10)11/h12H,2-5H2,1H3. The fourth-order valence-electron chi connectivity index (χ4n) is 1.40. The van der Waals surface area contributed by atoms with Gasteiger partial charge >= 0.3 is 12.1 Å². The van der Waals surface area contributed by atoms with Crippen molar-refractivity contribution in [1.29, 1.82) is 0 Å². The number of halogens is 3. The molecule has 1 fully saturated rings. The van der Waals surface area contributed by atoms with Crippen molar-refractivity contribution >= 4 is 5.97 Å². The number of hydrogen-bond donors (Lipinski definition) is 1.